The van der Waals surface area contributed by atoms with Gasteiger partial charge in [-0.1, -0.05) is 12.1 Å². The number of imidazole rings is 1. The second-order valence-electron chi connectivity index (χ2n) is 3.69. The lowest BCUT2D eigenvalue weighted by molar-refractivity contribution is 0.414. The highest BCUT2D eigenvalue weighted by atomic mass is 16.5. The minimum absolute atomic E-state index is 0.549. The lowest BCUT2D eigenvalue weighted by Crippen LogP contribution is -2.06. The summed E-state index contributed by atoms with van der Waals surface area (Å²) in [7, 11) is 1.66. The van der Waals surface area contributed by atoms with Crippen molar-refractivity contribution in [2.24, 2.45) is 0 Å². The Labute approximate surface area is 94.7 Å². The summed E-state index contributed by atoms with van der Waals surface area (Å²) in [5.74, 6) is 1.41. The maximum absolute atomic E-state index is 5.77. The molecule has 0 aliphatic carbocycles. The number of rotatable bonds is 3. The van der Waals surface area contributed by atoms with Gasteiger partial charge in [-0.15, -0.1) is 0 Å². The Morgan fingerprint density at radius 3 is 2.50 bits per heavy atom. The van der Waals surface area contributed by atoms with Crippen molar-refractivity contribution < 1.29 is 4.74 Å². The SMILES string of the molecule is COc1ccc(Cn2c(C)cnc2N)cc1. The summed E-state index contributed by atoms with van der Waals surface area (Å²) in [6.45, 7) is 2.73. The van der Waals surface area contributed by atoms with E-state index in [2.05, 4.69) is 4.98 Å². The van der Waals surface area contributed by atoms with Crippen LogP contribution in [-0.2, 0) is 6.54 Å². The number of nitrogens with two attached hydrogens (primary N) is 1. The zero-order valence-corrected chi connectivity index (χ0v) is 9.47. The molecule has 1 aromatic carbocycles. The summed E-state index contributed by atoms with van der Waals surface area (Å²) in [6.07, 6.45) is 1.78. The number of aryl methyl sites for hydroxylation is 1. The molecule has 0 aliphatic rings. The van der Waals surface area contributed by atoms with Crippen LogP contribution in [0.3, 0.4) is 0 Å². The molecule has 16 heavy (non-hydrogen) atoms. The highest BCUT2D eigenvalue weighted by Crippen LogP contribution is 2.14. The summed E-state index contributed by atoms with van der Waals surface area (Å²) in [5, 5.41) is 0. The van der Waals surface area contributed by atoms with Gasteiger partial charge in [0.25, 0.3) is 0 Å². The summed E-state index contributed by atoms with van der Waals surface area (Å²) >= 11 is 0. The molecule has 0 amide bonds. The van der Waals surface area contributed by atoms with Gasteiger partial charge >= 0.3 is 0 Å². The molecule has 0 bridgehead atoms. The van der Waals surface area contributed by atoms with Gasteiger partial charge in [0.2, 0.25) is 5.95 Å². The molecule has 0 saturated heterocycles. The van der Waals surface area contributed by atoms with Gasteiger partial charge in [-0.3, -0.25) is 0 Å². The minimum atomic E-state index is 0.549. The third kappa shape index (κ3) is 2.00. The normalized spacial score (nSPS) is 10.4. The van der Waals surface area contributed by atoms with Crippen LogP contribution in [0.5, 0.6) is 5.75 Å². The minimum Gasteiger partial charge on any atom is -0.497 e. The summed E-state index contributed by atoms with van der Waals surface area (Å²) in [6, 6.07) is 7.94. The fourth-order valence-electron chi connectivity index (χ4n) is 1.60. The first-order valence-electron chi connectivity index (χ1n) is 5.11. The Bertz CT molecular complexity index is 454. The molecule has 84 valence electrons. The summed E-state index contributed by atoms with van der Waals surface area (Å²) in [4.78, 5) is 4.06. The molecule has 1 heterocycles. The molecular weight excluding hydrogens is 202 g/mol. The number of methoxy groups -OCH3 is 1. The van der Waals surface area contributed by atoms with Crippen LogP contribution in [0.15, 0.2) is 30.5 Å². The summed E-state index contributed by atoms with van der Waals surface area (Å²) in [5.41, 5.74) is 8.01. The van der Waals surface area contributed by atoms with E-state index in [0.717, 1.165) is 18.0 Å². The van der Waals surface area contributed by atoms with E-state index in [0.29, 0.717) is 5.95 Å². The maximum atomic E-state index is 5.77. The monoisotopic (exact) mass is 217 g/mol. The van der Waals surface area contributed by atoms with Crippen LogP contribution in [-0.4, -0.2) is 16.7 Å². The van der Waals surface area contributed by atoms with E-state index in [1.807, 2.05) is 35.8 Å². The fraction of sp³-hybridized carbons (Fsp3) is 0.250. The molecule has 1 aromatic heterocycles. The number of nitrogen functional groups attached to an aromatic ring is 1. The Morgan fingerprint density at radius 2 is 2.00 bits per heavy atom. The number of nitrogens with zero attached hydrogens (tertiary/aromatic N) is 2. The van der Waals surface area contributed by atoms with Crippen LogP contribution in [0, 0.1) is 6.92 Å². The first-order valence-corrected chi connectivity index (χ1v) is 5.11. The van der Waals surface area contributed by atoms with E-state index in [9.17, 15) is 0 Å². The van der Waals surface area contributed by atoms with Gasteiger partial charge in [-0.05, 0) is 24.6 Å². The molecule has 4 nitrogen and oxygen atoms in total. The van der Waals surface area contributed by atoms with E-state index in [1.165, 1.54) is 5.56 Å². The van der Waals surface area contributed by atoms with Crippen molar-refractivity contribution in [1.82, 2.24) is 9.55 Å². The lowest BCUT2D eigenvalue weighted by Gasteiger charge is -2.08. The summed E-state index contributed by atoms with van der Waals surface area (Å²) < 4.78 is 7.08. The molecular formula is C12H15N3O. The van der Waals surface area contributed by atoms with E-state index >= 15 is 0 Å². The molecule has 2 rings (SSSR count). The number of anilines is 1. The van der Waals surface area contributed by atoms with Crippen molar-refractivity contribution in [2.45, 2.75) is 13.5 Å². The van der Waals surface area contributed by atoms with Crippen LogP contribution >= 0.6 is 0 Å². The highest BCUT2D eigenvalue weighted by Gasteiger charge is 2.03. The third-order valence-electron chi connectivity index (χ3n) is 2.59. The molecule has 0 fully saturated rings. The van der Waals surface area contributed by atoms with Gasteiger partial charge in [0.1, 0.15) is 5.75 Å². The molecule has 0 unspecified atom stereocenters. The van der Waals surface area contributed by atoms with Crippen molar-refractivity contribution in [1.29, 1.82) is 0 Å². The van der Waals surface area contributed by atoms with Crippen molar-refractivity contribution >= 4 is 5.95 Å². The Balaban J connectivity index is 2.20. The largest absolute Gasteiger partial charge is 0.497 e. The zero-order valence-electron chi connectivity index (χ0n) is 9.47. The molecule has 0 spiro atoms. The second kappa shape index (κ2) is 4.26. The number of benzene rings is 1. The average molecular weight is 217 g/mol. The molecule has 2 N–H and O–H groups in total. The molecule has 0 aliphatic heterocycles. The standard InChI is InChI=1S/C12H15N3O/c1-9-7-14-12(13)15(9)8-10-3-5-11(16-2)6-4-10/h3-7H,8H2,1-2H3,(H2,13,14). The maximum Gasteiger partial charge on any atom is 0.200 e. The van der Waals surface area contributed by atoms with Gasteiger partial charge in [0, 0.05) is 5.69 Å². The Morgan fingerprint density at radius 1 is 1.31 bits per heavy atom. The van der Waals surface area contributed by atoms with E-state index in [1.54, 1.807) is 13.3 Å². The average Bonchev–Trinajstić information content (AvgIpc) is 2.62. The fourth-order valence-corrected chi connectivity index (χ4v) is 1.60. The molecule has 0 atom stereocenters. The van der Waals surface area contributed by atoms with Gasteiger partial charge in [0.15, 0.2) is 0 Å². The van der Waals surface area contributed by atoms with Crippen LogP contribution < -0.4 is 10.5 Å². The Kier molecular flexibility index (Phi) is 2.81. The quantitative estimate of drug-likeness (QED) is 0.853. The van der Waals surface area contributed by atoms with E-state index in [-0.39, 0.29) is 0 Å². The van der Waals surface area contributed by atoms with Crippen LogP contribution in [0.1, 0.15) is 11.3 Å². The highest BCUT2D eigenvalue weighted by molar-refractivity contribution is 5.30. The number of aromatic nitrogens is 2. The van der Waals surface area contributed by atoms with Gasteiger partial charge in [-0.2, -0.15) is 0 Å². The van der Waals surface area contributed by atoms with Gasteiger partial charge < -0.3 is 15.0 Å². The molecule has 4 heteroatoms. The van der Waals surface area contributed by atoms with Gasteiger partial charge in [-0.25, -0.2) is 4.98 Å². The van der Waals surface area contributed by atoms with E-state index < -0.39 is 0 Å². The first kappa shape index (κ1) is 10.5. The molecule has 0 saturated carbocycles. The second-order valence-corrected chi connectivity index (χ2v) is 3.69. The predicted molar refractivity (Wildman–Crippen MR) is 63.5 cm³/mol. The van der Waals surface area contributed by atoms with Crippen molar-refractivity contribution in [3.63, 3.8) is 0 Å². The molecule has 2 aromatic rings. The van der Waals surface area contributed by atoms with Crippen LogP contribution in [0.25, 0.3) is 0 Å². The van der Waals surface area contributed by atoms with Crippen LogP contribution in [0.2, 0.25) is 0 Å². The predicted octanol–water partition coefficient (Wildman–Crippen LogP) is 1.83. The van der Waals surface area contributed by atoms with Crippen molar-refractivity contribution in [2.75, 3.05) is 12.8 Å². The molecule has 0 radical (unpaired) electrons. The first-order chi connectivity index (χ1) is 7.70. The topological polar surface area (TPSA) is 53.1 Å². The third-order valence-corrected chi connectivity index (χ3v) is 2.59. The number of hydrogen-bond donors (Lipinski definition) is 1. The van der Waals surface area contributed by atoms with Crippen molar-refractivity contribution in [3.8, 4) is 5.75 Å². The van der Waals surface area contributed by atoms with E-state index in [4.69, 9.17) is 10.5 Å². The van der Waals surface area contributed by atoms with Crippen molar-refractivity contribution in [3.05, 3.63) is 41.7 Å². The lowest BCUT2D eigenvalue weighted by atomic mass is 10.2. The number of ether oxygens (including phenoxy) is 1. The Hall–Kier alpha value is -1.97. The smallest absolute Gasteiger partial charge is 0.200 e. The zero-order chi connectivity index (χ0) is 11.5. The number of hydrogen-bond acceptors (Lipinski definition) is 3. The van der Waals surface area contributed by atoms with Crippen LogP contribution in [0.4, 0.5) is 5.95 Å². The van der Waals surface area contributed by atoms with Gasteiger partial charge in [0.05, 0.1) is 19.9 Å².